The number of guanidine groups is 1. The number of halogens is 4. The van der Waals surface area contributed by atoms with Crippen LogP contribution < -0.4 is 15.4 Å². The number of ether oxygens (including phenoxy) is 1. The van der Waals surface area contributed by atoms with E-state index in [1.807, 2.05) is 6.92 Å². The fourth-order valence-electron chi connectivity index (χ4n) is 3.15. The molecule has 0 saturated carbocycles. The van der Waals surface area contributed by atoms with Crippen LogP contribution in [0.1, 0.15) is 19.8 Å². The first kappa shape index (κ1) is 22.3. The van der Waals surface area contributed by atoms with Crippen molar-refractivity contribution in [1.82, 2.24) is 15.5 Å². The summed E-state index contributed by atoms with van der Waals surface area (Å²) in [6.07, 6.45) is -2.89. The SMILES string of the molecule is CCC(CNC(=NC)NCC1CCN(CC(F)(F)F)C1)Oc1cccc(F)c1. The van der Waals surface area contributed by atoms with Crippen molar-refractivity contribution in [3.8, 4) is 5.75 Å². The minimum Gasteiger partial charge on any atom is -0.489 e. The van der Waals surface area contributed by atoms with E-state index in [0.29, 0.717) is 37.9 Å². The van der Waals surface area contributed by atoms with Gasteiger partial charge in [-0.05, 0) is 37.4 Å². The average Bonchev–Trinajstić information content (AvgIpc) is 3.06. The van der Waals surface area contributed by atoms with Gasteiger partial charge in [0.25, 0.3) is 0 Å². The first-order valence-corrected chi connectivity index (χ1v) is 9.45. The normalized spacial score (nSPS) is 19.5. The third-order valence-corrected chi connectivity index (χ3v) is 4.61. The summed E-state index contributed by atoms with van der Waals surface area (Å²) < 4.78 is 56.5. The lowest BCUT2D eigenvalue weighted by Gasteiger charge is -2.21. The third kappa shape index (κ3) is 7.92. The molecule has 0 aromatic heterocycles. The summed E-state index contributed by atoms with van der Waals surface area (Å²) in [4.78, 5) is 5.57. The van der Waals surface area contributed by atoms with Crippen molar-refractivity contribution in [2.24, 2.45) is 10.9 Å². The van der Waals surface area contributed by atoms with Gasteiger partial charge in [-0.25, -0.2) is 4.39 Å². The van der Waals surface area contributed by atoms with Crippen LogP contribution in [0.2, 0.25) is 0 Å². The number of nitrogens with zero attached hydrogens (tertiary/aromatic N) is 2. The van der Waals surface area contributed by atoms with Gasteiger partial charge in [-0.1, -0.05) is 13.0 Å². The third-order valence-electron chi connectivity index (χ3n) is 4.61. The number of aliphatic imine (C=N–C) groups is 1. The Labute approximate surface area is 163 Å². The smallest absolute Gasteiger partial charge is 0.401 e. The number of alkyl halides is 3. The highest BCUT2D eigenvalue weighted by molar-refractivity contribution is 5.79. The van der Waals surface area contributed by atoms with Gasteiger partial charge < -0.3 is 15.4 Å². The molecular weight excluding hydrogens is 376 g/mol. The van der Waals surface area contributed by atoms with Crippen LogP contribution in [-0.4, -0.2) is 62.9 Å². The van der Waals surface area contributed by atoms with Crippen LogP contribution in [-0.2, 0) is 0 Å². The highest BCUT2D eigenvalue weighted by Gasteiger charge is 2.34. The van der Waals surface area contributed by atoms with Crippen molar-refractivity contribution in [3.05, 3.63) is 30.1 Å². The van der Waals surface area contributed by atoms with Crippen molar-refractivity contribution in [2.75, 3.05) is 39.8 Å². The fourth-order valence-corrected chi connectivity index (χ4v) is 3.15. The summed E-state index contributed by atoms with van der Waals surface area (Å²) in [5, 5.41) is 6.32. The lowest BCUT2D eigenvalue weighted by molar-refractivity contribution is -0.143. The van der Waals surface area contributed by atoms with Gasteiger partial charge >= 0.3 is 6.18 Å². The molecule has 5 nitrogen and oxygen atoms in total. The molecule has 1 heterocycles. The van der Waals surface area contributed by atoms with E-state index in [1.54, 1.807) is 19.2 Å². The molecule has 2 rings (SSSR count). The number of hydrogen-bond donors (Lipinski definition) is 2. The van der Waals surface area contributed by atoms with E-state index in [-0.39, 0.29) is 17.8 Å². The van der Waals surface area contributed by atoms with Gasteiger partial charge in [-0.2, -0.15) is 13.2 Å². The van der Waals surface area contributed by atoms with E-state index in [1.165, 1.54) is 17.0 Å². The van der Waals surface area contributed by atoms with Gasteiger partial charge in [0, 0.05) is 26.2 Å². The Bertz CT molecular complexity index is 639. The summed E-state index contributed by atoms with van der Waals surface area (Å²) in [5.74, 6) is 0.822. The topological polar surface area (TPSA) is 48.9 Å². The van der Waals surface area contributed by atoms with E-state index in [4.69, 9.17) is 4.74 Å². The standard InChI is InChI=1S/C19H28F4N4O/c1-3-16(28-17-6-4-5-15(20)9-17)11-26-18(24-2)25-10-14-7-8-27(12-14)13-19(21,22)23/h4-6,9,14,16H,3,7-8,10-13H2,1-2H3,(H2,24,25,26). The maximum absolute atomic E-state index is 13.3. The second-order valence-electron chi connectivity index (χ2n) is 6.94. The Hall–Kier alpha value is -2.03. The zero-order valence-electron chi connectivity index (χ0n) is 16.2. The molecule has 158 valence electrons. The summed E-state index contributed by atoms with van der Waals surface area (Å²) in [6.45, 7) is 3.01. The van der Waals surface area contributed by atoms with Gasteiger partial charge in [0.05, 0.1) is 13.1 Å². The van der Waals surface area contributed by atoms with Crippen molar-refractivity contribution < 1.29 is 22.3 Å². The first-order valence-electron chi connectivity index (χ1n) is 9.45. The highest BCUT2D eigenvalue weighted by atomic mass is 19.4. The van der Waals surface area contributed by atoms with Gasteiger partial charge in [0.15, 0.2) is 5.96 Å². The maximum atomic E-state index is 13.3. The Morgan fingerprint density at radius 2 is 2.14 bits per heavy atom. The van der Waals surface area contributed by atoms with E-state index < -0.39 is 12.7 Å². The quantitative estimate of drug-likeness (QED) is 0.397. The lowest BCUT2D eigenvalue weighted by atomic mass is 10.1. The molecule has 1 aromatic rings. The fraction of sp³-hybridized carbons (Fsp3) is 0.632. The minimum absolute atomic E-state index is 0.145. The van der Waals surface area contributed by atoms with Gasteiger partial charge in [-0.3, -0.25) is 9.89 Å². The van der Waals surface area contributed by atoms with Crippen LogP contribution in [0.25, 0.3) is 0 Å². The van der Waals surface area contributed by atoms with Crippen molar-refractivity contribution in [2.45, 2.75) is 32.0 Å². The molecule has 0 aliphatic carbocycles. The van der Waals surface area contributed by atoms with E-state index in [2.05, 4.69) is 15.6 Å². The maximum Gasteiger partial charge on any atom is 0.401 e. The molecule has 28 heavy (non-hydrogen) atoms. The zero-order chi connectivity index (χ0) is 20.6. The van der Waals surface area contributed by atoms with Crippen LogP contribution in [0.3, 0.4) is 0 Å². The number of likely N-dealkylation sites (tertiary alicyclic amines) is 1. The monoisotopic (exact) mass is 404 g/mol. The van der Waals surface area contributed by atoms with Crippen LogP contribution in [0, 0.1) is 11.7 Å². The second kappa shape index (κ2) is 10.5. The number of hydrogen-bond acceptors (Lipinski definition) is 3. The Morgan fingerprint density at radius 3 is 2.79 bits per heavy atom. The molecular formula is C19H28F4N4O. The molecule has 1 saturated heterocycles. The molecule has 9 heteroatoms. The predicted octanol–water partition coefficient (Wildman–Crippen LogP) is 3.03. The number of rotatable bonds is 8. The number of nitrogens with one attached hydrogen (secondary N) is 2. The summed E-state index contributed by atoms with van der Waals surface area (Å²) in [7, 11) is 1.63. The molecule has 1 aromatic carbocycles. The molecule has 2 N–H and O–H groups in total. The molecule has 0 spiro atoms. The molecule has 0 amide bonds. The largest absolute Gasteiger partial charge is 0.489 e. The second-order valence-corrected chi connectivity index (χ2v) is 6.94. The summed E-state index contributed by atoms with van der Waals surface area (Å²) >= 11 is 0. The predicted molar refractivity (Wildman–Crippen MR) is 101 cm³/mol. The van der Waals surface area contributed by atoms with Crippen LogP contribution in [0.4, 0.5) is 17.6 Å². The van der Waals surface area contributed by atoms with Crippen LogP contribution >= 0.6 is 0 Å². The van der Waals surface area contributed by atoms with Crippen LogP contribution in [0.5, 0.6) is 5.75 Å². The minimum atomic E-state index is -4.16. The molecule has 1 aliphatic rings. The Kier molecular flexibility index (Phi) is 8.35. The van der Waals surface area contributed by atoms with E-state index in [0.717, 1.165) is 12.8 Å². The molecule has 2 atom stereocenters. The Balaban J connectivity index is 1.73. The lowest BCUT2D eigenvalue weighted by Crippen LogP contribution is -2.44. The zero-order valence-corrected chi connectivity index (χ0v) is 16.2. The van der Waals surface area contributed by atoms with Crippen molar-refractivity contribution >= 4 is 5.96 Å². The molecule has 0 radical (unpaired) electrons. The molecule has 1 aliphatic heterocycles. The first-order chi connectivity index (χ1) is 13.3. The van der Waals surface area contributed by atoms with Crippen LogP contribution in [0.15, 0.2) is 29.3 Å². The summed E-state index contributed by atoms with van der Waals surface area (Å²) in [5.41, 5.74) is 0. The van der Waals surface area contributed by atoms with Gasteiger partial charge in [0.2, 0.25) is 0 Å². The van der Waals surface area contributed by atoms with Crippen molar-refractivity contribution in [3.63, 3.8) is 0 Å². The molecule has 1 fully saturated rings. The van der Waals surface area contributed by atoms with Crippen molar-refractivity contribution in [1.29, 1.82) is 0 Å². The average molecular weight is 404 g/mol. The van der Waals surface area contributed by atoms with E-state index >= 15 is 0 Å². The summed E-state index contributed by atoms with van der Waals surface area (Å²) in [6, 6.07) is 5.99. The van der Waals surface area contributed by atoms with E-state index in [9.17, 15) is 17.6 Å². The molecule has 0 bridgehead atoms. The molecule has 2 unspecified atom stereocenters. The van der Waals surface area contributed by atoms with Gasteiger partial charge in [0.1, 0.15) is 17.7 Å². The van der Waals surface area contributed by atoms with Gasteiger partial charge in [-0.15, -0.1) is 0 Å². The number of benzene rings is 1. The highest BCUT2D eigenvalue weighted by Crippen LogP contribution is 2.22. The Morgan fingerprint density at radius 1 is 1.36 bits per heavy atom.